The maximum absolute atomic E-state index is 4.53. The number of para-hydroxylation sites is 1. The van der Waals surface area contributed by atoms with Crippen LogP contribution in [-0.4, -0.2) is 17.1 Å². The maximum Gasteiger partial charge on any atom is 0.0769 e. The third kappa shape index (κ3) is 1.84. The highest BCUT2D eigenvalue weighted by atomic mass is 15.1. The molecule has 0 atom stereocenters. The Morgan fingerprint density at radius 2 is 1.84 bits per heavy atom. The lowest BCUT2D eigenvalue weighted by Crippen LogP contribution is -2.48. The molecule has 0 radical (unpaired) electrons. The van der Waals surface area contributed by atoms with Crippen LogP contribution in [-0.2, 0) is 0 Å². The van der Waals surface area contributed by atoms with Crippen LogP contribution in [0.5, 0.6) is 0 Å². The van der Waals surface area contributed by atoms with E-state index in [0.29, 0.717) is 0 Å². The normalized spacial score (nSPS) is 20.0. The summed E-state index contributed by atoms with van der Waals surface area (Å²) in [7, 11) is 0. The van der Waals surface area contributed by atoms with E-state index in [-0.39, 0.29) is 11.0 Å². The number of fused-ring (bicyclic) bond motifs is 3. The molecule has 0 fully saturated rings. The molecule has 0 amide bonds. The minimum Gasteiger partial charge on any atom is -0.381 e. The lowest BCUT2D eigenvalue weighted by Gasteiger charge is -2.41. The molecule has 3 nitrogen and oxygen atoms in total. The minimum absolute atomic E-state index is 0.00930. The van der Waals surface area contributed by atoms with Crippen LogP contribution in [0.2, 0.25) is 0 Å². The summed E-state index contributed by atoms with van der Waals surface area (Å²) in [5.41, 5.74) is 3.45. The molecule has 100 valence electrons. The highest BCUT2D eigenvalue weighted by Gasteiger charge is 2.39. The fourth-order valence-electron chi connectivity index (χ4n) is 2.43. The zero-order valence-corrected chi connectivity index (χ0v) is 12.0. The second-order valence-electron chi connectivity index (χ2n) is 6.55. The molecule has 0 saturated carbocycles. The Labute approximate surface area is 114 Å². The predicted molar refractivity (Wildman–Crippen MR) is 81.7 cm³/mol. The fraction of sp³-hybridized carbons (Fsp3) is 0.438. The number of nitrogens with one attached hydrogen (secondary N) is 2. The SMILES string of the molecule is CC1(C)CNc2cnc3ccccc3c2NC1(C)C. The second-order valence-corrected chi connectivity index (χ2v) is 6.55. The zero-order chi connectivity index (χ0) is 13.7. The van der Waals surface area contributed by atoms with Crippen molar-refractivity contribution in [1.82, 2.24) is 4.98 Å². The van der Waals surface area contributed by atoms with Crippen molar-refractivity contribution in [2.24, 2.45) is 5.41 Å². The average molecular weight is 255 g/mol. The molecule has 0 spiro atoms. The van der Waals surface area contributed by atoms with Gasteiger partial charge in [0.2, 0.25) is 0 Å². The smallest absolute Gasteiger partial charge is 0.0769 e. The van der Waals surface area contributed by atoms with Crippen molar-refractivity contribution in [3.05, 3.63) is 30.5 Å². The summed E-state index contributed by atoms with van der Waals surface area (Å²) in [5, 5.41) is 8.45. The number of anilines is 2. The summed E-state index contributed by atoms with van der Waals surface area (Å²) in [6.07, 6.45) is 1.93. The van der Waals surface area contributed by atoms with Gasteiger partial charge in [-0.05, 0) is 19.9 Å². The summed E-state index contributed by atoms with van der Waals surface area (Å²) in [6, 6.07) is 8.28. The van der Waals surface area contributed by atoms with Crippen LogP contribution in [0.4, 0.5) is 11.4 Å². The number of nitrogens with zero attached hydrogens (tertiary/aromatic N) is 1. The van der Waals surface area contributed by atoms with Gasteiger partial charge in [0.15, 0.2) is 0 Å². The molecule has 1 aliphatic heterocycles. The van der Waals surface area contributed by atoms with Gasteiger partial charge < -0.3 is 10.6 Å². The van der Waals surface area contributed by atoms with Gasteiger partial charge in [-0.2, -0.15) is 0 Å². The Hall–Kier alpha value is -1.77. The Morgan fingerprint density at radius 1 is 1.11 bits per heavy atom. The topological polar surface area (TPSA) is 37.0 Å². The van der Waals surface area contributed by atoms with E-state index in [4.69, 9.17) is 0 Å². The molecule has 1 aromatic heterocycles. The molecule has 0 aliphatic carbocycles. The Kier molecular flexibility index (Phi) is 2.49. The van der Waals surface area contributed by atoms with Crippen molar-refractivity contribution in [3.8, 4) is 0 Å². The average Bonchev–Trinajstić information content (AvgIpc) is 2.45. The van der Waals surface area contributed by atoms with Gasteiger partial charge in [0.1, 0.15) is 0 Å². The molecule has 2 aromatic rings. The van der Waals surface area contributed by atoms with Gasteiger partial charge in [0, 0.05) is 22.9 Å². The van der Waals surface area contributed by atoms with E-state index >= 15 is 0 Å². The number of aromatic nitrogens is 1. The van der Waals surface area contributed by atoms with E-state index < -0.39 is 0 Å². The molecule has 0 unspecified atom stereocenters. The first kappa shape index (κ1) is 12.3. The monoisotopic (exact) mass is 255 g/mol. The van der Waals surface area contributed by atoms with Crippen molar-refractivity contribution in [1.29, 1.82) is 0 Å². The molecule has 0 bridgehead atoms. The van der Waals surface area contributed by atoms with Crippen LogP contribution in [0.25, 0.3) is 10.9 Å². The van der Waals surface area contributed by atoms with Gasteiger partial charge in [-0.1, -0.05) is 32.0 Å². The van der Waals surface area contributed by atoms with E-state index in [2.05, 4.69) is 61.5 Å². The summed E-state index contributed by atoms with van der Waals surface area (Å²) < 4.78 is 0. The van der Waals surface area contributed by atoms with Gasteiger partial charge >= 0.3 is 0 Å². The van der Waals surface area contributed by atoms with E-state index in [0.717, 1.165) is 17.7 Å². The summed E-state index contributed by atoms with van der Waals surface area (Å²) in [4.78, 5) is 4.53. The van der Waals surface area contributed by atoms with Gasteiger partial charge in [0.25, 0.3) is 0 Å². The van der Waals surface area contributed by atoms with Gasteiger partial charge in [0.05, 0.1) is 23.1 Å². The van der Waals surface area contributed by atoms with Crippen molar-refractivity contribution in [2.75, 3.05) is 17.2 Å². The molecule has 3 rings (SSSR count). The number of hydrogen-bond donors (Lipinski definition) is 2. The fourth-order valence-corrected chi connectivity index (χ4v) is 2.43. The molecular formula is C16H21N3. The third-order valence-electron chi connectivity index (χ3n) is 4.63. The van der Waals surface area contributed by atoms with Crippen molar-refractivity contribution in [2.45, 2.75) is 33.2 Å². The zero-order valence-electron chi connectivity index (χ0n) is 12.0. The first-order chi connectivity index (χ1) is 8.91. The van der Waals surface area contributed by atoms with Crippen LogP contribution in [0.15, 0.2) is 30.5 Å². The van der Waals surface area contributed by atoms with Gasteiger partial charge in [-0.25, -0.2) is 0 Å². The molecular weight excluding hydrogens is 234 g/mol. The summed E-state index contributed by atoms with van der Waals surface area (Å²) >= 11 is 0. The molecule has 2 heterocycles. The number of pyridine rings is 1. The van der Waals surface area contributed by atoms with Crippen molar-refractivity contribution in [3.63, 3.8) is 0 Å². The van der Waals surface area contributed by atoms with Crippen LogP contribution in [0, 0.1) is 5.41 Å². The van der Waals surface area contributed by atoms with E-state index in [1.807, 2.05) is 12.3 Å². The number of hydrogen-bond acceptors (Lipinski definition) is 3. The van der Waals surface area contributed by atoms with E-state index in [9.17, 15) is 0 Å². The summed E-state index contributed by atoms with van der Waals surface area (Å²) in [6.45, 7) is 10.0. The Morgan fingerprint density at radius 3 is 2.63 bits per heavy atom. The molecule has 2 N–H and O–H groups in total. The summed E-state index contributed by atoms with van der Waals surface area (Å²) in [5.74, 6) is 0. The molecule has 3 heteroatoms. The minimum atomic E-state index is 0.00930. The standard InChI is InChI=1S/C16H21N3/c1-15(2)10-18-13-9-17-12-8-6-5-7-11(12)14(13)19-16(15,3)4/h5-9,18-19H,10H2,1-4H3. The van der Waals surface area contributed by atoms with E-state index in [1.54, 1.807) is 0 Å². The maximum atomic E-state index is 4.53. The Bertz CT molecular complexity index is 629. The number of benzene rings is 1. The molecule has 1 aliphatic rings. The molecule has 0 saturated heterocycles. The highest BCUT2D eigenvalue weighted by molar-refractivity contribution is 5.98. The van der Waals surface area contributed by atoms with E-state index in [1.165, 1.54) is 11.1 Å². The van der Waals surface area contributed by atoms with Crippen molar-refractivity contribution < 1.29 is 0 Å². The van der Waals surface area contributed by atoms with Crippen LogP contribution >= 0.6 is 0 Å². The van der Waals surface area contributed by atoms with Crippen LogP contribution < -0.4 is 10.6 Å². The lowest BCUT2D eigenvalue weighted by atomic mass is 9.74. The van der Waals surface area contributed by atoms with Crippen LogP contribution in [0.1, 0.15) is 27.7 Å². The third-order valence-corrected chi connectivity index (χ3v) is 4.63. The van der Waals surface area contributed by atoms with Gasteiger partial charge in [-0.15, -0.1) is 0 Å². The molecule has 1 aromatic carbocycles. The predicted octanol–water partition coefficient (Wildman–Crippen LogP) is 3.88. The Balaban J connectivity index is 2.22. The lowest BCUT2D eigenvalue weighted by molar-refractivity contribution is 0.246. The first-order valence-corrected chi connectivity index (χ1v) is 6.80. The number of rotatable bonds is 0. The largest absolute Gasteiger partial charge is 0.381 e. The quantitative estimate of drug-likeness (QED) is 0.750. The second kappa shape index (κ2) is 3.86. The van der Waals surface area contributed by atoms with Gasteiger partial charge in [-0.3, -0.25) is 4.98 Å². The molecule has 19 heavy (non-hydrogen) atoms. The first-order valence-electron chi connectivity index (χ1n) is 6.80. The highest BCUT2D eigenvalue weighted by Crippen LogP contribution is 2.41. The van der Waals surface area contributed by atoms with Crippen LogP contribution in [0.3, 0.4) is 0 Å². The van der Waals surface area contributed by atoms with Crippen molar-refractivity contribution >= 4 is 22.3 Å².